The van der Waals surface area contributed by atoms with Gasteiger partial charge in [0.05, 0.1) is 21.7 Å². The van der Waals surface area contributed by atoms with Crippen LogP contribution in [0.3, 0.4) is 0 Å². The lowest BCUT2D eigenvalue weighted by Crippen LogP contribution is -2.44. The van der Waals surface area contributed by atoms with Crippen molar-refractivity contribution in [2.45, 2.75) is 48.8 Å². The number of sulfone groups is 2. The minimum absolute atomic E-state index is 0.108. The van der Waals surface area contributed by atoms with Crippen LogP contribution in [-0.2, 0) is 31.5 Å². The molecule has 8 heteroatoms. The van der Waals surface area contributed by atoms with Crippen molar-refractivity contribution in [2.24, 2.45) is 0 Å². The maximum atomic E-state index is 13.2. The van der Waals surface area contributed by atoms with Crippen LogP contribution in [0.2, 0.25) is 0 Å². The first kappa shape index (κ1) is 22.9. The molecule has 2 aromatic rings. The molecule has 2 atom stereocenters. The number of hydrogen-bond donors (Lipinski definition) is 1. The summed E-state index contributed by atoms with van der Waals surface area (Å²) in [7, 11) is -7.27. The van der Waals surface area contributed by atoms with E-state index in [-0.39, 0.29) is 27.6 Å². The topological polar surface area (TPSA) is 80.3 Å². The van der Waals surface area contributed by atoms with Crippen molar-refractivity contribution < 1.29 is 21.2 Å². The molecule has 1 N–H and O–H groups in total. The van der Waals surface area contributed by atoms with E-state index in [0.29, 0.717) is 13.0 Å². The van der Waals surface area contributed by atoms with Crippen LogP contribution in [0.4, 0.5) is 4.39 Å². The number of halogens is 1. The van der Waals surface area contributed by atoms with Gasteiger partial charge < -0.3 is 5.32 Å². The van der Waals surface area contributed by atoms with Gasteiger partial charge in [-0.3, -0.25) is 0 Å². The molecule has 0 amide bonds. The van der Waals surface area contributed by atoms with Gasteiger partial charge >= 0.3 is 0 Å². The highest BCUT2D eigenvalue weighted by atomic mass is 32.2. The molecule has 2 aromatic carbocycles. The number of benzene rings is 2. The summed E-state index contributed by atoms with van der Waals surface area (Å²) in [6.07, 6.45) is 0.546. The van der Waals surface area contributed by atoms with Gasteiger partial charge in [0.25, 0.3) is 0 Å². The van der Waals surface area contributed by atoms with Crippen LogP contribution in [0.5, 0.6) is 0 Å². The van der Waals surface area contributed by atoms with Crippen LogP contribution < -0.4 is 5.32 Å². The zero-order chi connectivity index (χ0) is 22.2. The van der Waals surface area contributed by atoms with Crippen molar-refractivity contribution in [1.29, 1.82) is 0 Å². The van der Waals surface area contributed by atoms with Crippen LogP contribution in [0, 0.1) is 5.82 Å². The number of hydrogen-bond acceptors (Lipinski definition) is 5. The molecule has 0 aromatic heterocycles. The van der Waals surface area contributed by atoms with Crippen LogP contribution in [0.1, 0.15) is 31.9 Å². The molecule has 0 bridgehead atoms. The lowest BCUT2D eigenvalue weighted by atomic mass is 9.87. The third-order valence-electron chi connectivity index (χ3n) is 5.48. The molecular formula is C22H28FNO4S2. The molecule has 1 fully saturated rings. The van der Waals surface area contributed by atoms with Gasteiger partial charge in [-0.2, -0.15) is 0 Å². The van der Waals surface area contributed by atoms with Crippen LogP contribution >= 0.6 is 0 Å². The first-order valence-electron chi connectivity index (χ1n) is 9.91. The van der Waals surface area contributed by atoms with Gasteiger partial charge in [0.2, 0.25) is 0 Å². The Morgan fingerprint density at radius 2 is 1.60 bits per heavy atom. The normalized spacial score (nSPS) is 21.6. The quantitative estimate of drug-likeness (QED) is 0.728. The summed E-state index contributed by atoms with van der Waals surface area (Å²) in [4.78, 5) is 0.142. The Kier molecular flexibility index (Phi) is 6.41. The highest BCUT2D eigenvalue weighted by molar-refractivity contribution is 7.96. The minimum Gasteiger partial charge on any atom is -0.311 e. The fourth-order valence-corrected chi connectivity index (χ4v) is 8.40. The summed E-state index contributed by atoms with van der Waals surface area (Å²) in [6, 6.07) is 12.1. The summed E-state index contributed by atoms with van der Waals surface area (Å²) in [5, 5.41) is 2.08. The molecule has 3 rings (SSSR count). The molecule has 0 saturated carbocycles. The van der Waals surface area contributed by atoms with E-state index in [1.807, 2.05) is 20.8 Å². The minimum atomic E-state index is -3.81. The second kappa shape index (κ2) is 8.40. The van der Waals surface area contributed by atoms with Crippen molar-refractivity contribution in [2.75, 3.05) is 18.1 Å². The number of nitrogens with one attached hydrogen (secondary N) is 1. The zero-order valence-electron chi connectivity index (χ0n) is 17.4. The molecule has 164 valence electrons. The predicted molar refractivity (Wildman–Crippen MR) is 117 cm³/mol. The molecule has 30 heavy (non-hydrogen) atoms. The van der Waals surface area contributed by atoms with E-state index in [1.165, 1.54) is 12.1 Å². The van der Waals surface area contributed by atoms with E-state index < -0.39 is 31.0 Å². The zero-order valence-corrected chi connectivity index (χ0v) is 19.1. The summed E-state index contributed by atoms with van der Waals surface area (Å²) in [5.74, 6) is -0.914. The number of rotatable bonds is 6. The molecule has 0 spiro atoms. The van der Waals surface area contributed by atoms with Gasteiger partial charge in [-0.05, 0) is 53.8 Å². The van der Waals surface area contributed by atoms with Crippen molar-refractivity contribution in [1.82, 2.24) is 5.32 Å². The van der Waals surface area contributed by atoms with E-state index in [0.717, 1.165) is 11.1 Å². The standard InChI is InChI=1S/C22H28FNO4S2/c1-22(2,3)17-6-10-19(11-7-17)30(27,28)21-15-29(25,26)14-20(21)24-13-12-16-4-8-18(23)9-5-16/h4-11,20-21,24H,12-15H2,1-3H3/t20-,21-/m0/s1. The highest BCUT2D eigenvalue weighted by Crippen LogP contribution is 2.28. The van der Waals surface area contributed by atoms with E-state index in [9.17, 15) is 21.2 Å². The maximum absolute atomic E-state index is 13.2. The van der Waals surface area contributed by atoms with Gasteiger partial charge in [-0.15, -0.1) is 0 Å². The highest BCUT2D eigenvalue weighted by Gasteiger charge is 2.45. The van der Waals surface area contributed by atoms with E-state index in [4.69, 9.17) is 0 Å². The summed E-state index contributed by atoms with van der Waals surface area (Å²) in [6.45, 7) is 6.53. The molecule has 1 heterocycles. The van der Waals surface area contributed by atoms with E-state index in [2.05, 4.69) is 5.32 Å². The van der Waals surface area contributed by atoms with Crippen LogP contribution in [0.25, 0.3) is 0 Å². The van der Waals surface area contributed by atoms with Gasteiger partial charge in [0.15, 0.2) is 19.7 Å². The third-order valence-corrected chi connectivity index (χ3v) is 9.65. The third kappa shape index (κ3) is 5.28. The molecule has 0 aliphatic carbocycles. The van der Waals surface area contributed by atoms with E-state index >= 15 is 0 Å². The van der Waals surface area contributed by atoms with E-state index in [1.54, 1.807) is 36.4 Å². The fourth-order valence-electron chi connectivity index (χ4n) is 3.68. The Morgan fingerprint density at radius 3 is 2.17 bits per heavy atom. The Hall–Kier alpha value is -1.77. The van der Waals surface area contributed by atoms with Gasteiger partial charge in [-0.1, -0.05) is 45.0 Å². The molecule has 0 radical (unpaired) electrons. The fraction of sp³-hybridized carbons (Fsp3) is 0.455. The van der Waals surface area contributed by atoms with Crippen LogP contribution in [0.15, 0.2) is 53.4 Å². The van der Waals surface area contributed by atoms with Crippen molar-refractivity contribution in [3.05, 3.63) is 65.5 Å². The molecule has 1 saturated heterocycles. The molecule has 5 nitrogen and oxygen atoms in total. The first-order chi connectivity index (χ1) is 13.9. The Labute approximate surface area is 178 Å². The average molecular weight is 454 g/mol. The van der Waals surface area contributed by atoms with Gasteiger partial charge in [0.1, 0.15) is 5.82 Å². The lowest BCUT2D eigenvalue weighted by Gasteiger charge is -2.22. The largest absolute Gasteiger partial charge is 0.311 e. The second-order valence-electron chi connectivity index (χ2n) is 8.87. The smallest absolute Gasteiger partial charge is 0.183 e. The van der Waals surface area contributed by atoms with Crippen molar-refractivity contribution >= 4 is 19.7 Å². The van der Waals surface area contributed by atoms with Crippen molar-refractivity contribution in [3.63, 3.8) is 0 Å². The van der Waals surface area contributed by atoms with Crippen LogP contribution in [-0.4, -0.2) is 46.2 Å². The Morgan fingerprint density at radius 1 is 1.00 bits per heavy atom. The molecule has 1 aliphatic heterocycles. The Balaban J connectivity index is 1.76. The Bertz CT molecular complexity index is 1090. The average Bonchev–Trinajstić information content (AvgIpc) is 2.98. The predicted octanol–water partition coefficient (Wildman–Crippen LogP) is 2.89. The summed E-state index contributed by atoms with van der Waals surface area (Å²) in [5.41, 5.74) is 1.79. The van der Waals surface area contributed by atoms with Gasteiger partial charge in [0, 0.05) is 6.04 Å². The summed E-state index contributed by atoms with van der Waals surface area (Å²) < 4.78 is 63.9. The molecular weight excluding hydrogens is 425 g/mol. The van der Waals surface area contributed by atoms with Gasteiger partial charge in [-0.25, -0.2) is 21.2 Å². The molecule has 0 unspecified atom stereocenters. The molecule has 1 aliphatic rings. The first-order valence-corrected chi connectivity index (χ1v) is 13.3. The monoisotopic (exact) mass is 453 g/mol. The lowest BCUT2D eigenvalue weighted by molar-refractivity contribution is 0.528. The van der Waals surface area contributed by atoms with Crippen molar-refractivity contribution in [3.8, 4) is 0 Å². The SMILES string of the molecule is CC(C)(C)c1ccc(S(=O)(=O)[C@H]2CS(=O)(=O)C[C@@H]2NCCc2ccc(F)cc2)cc1. The second-order valence-corrected chi connectivity index (χ2v) is 13.2. The summed E-state index contributed by atoms with van der Waals surface area (Å²) >= 11 is 0. The maximum Gasteiger partial charge on any atom is 0.183 e.